The van der Waals surface area contributed by atoms with Crippen molar-refractivity contribution in [2.75, 3.05) is 7.11 Å². The van der Waals surface area contributed by atoms with E-state index in [1.165, 1.54) is 15.6 Å². The molecule has 0 N–H and O–H groups in total. The summed E-state index contributed by atoms with van der Waals surface area (Å²) in [5, 5.41) is 1.94. The molecule has 8 heteroatoms. The van der Waals surface area contributed by atoms with Gasteiger partial charge in [0.1, 0.15) is 9.96 Å². The quantitative estimate of drug-likeness (QED) is 0.555. The minimum Gasteiger partial charge on any atom is -0.496 e. The minimum absolute atomic E-state index is 0.222. The zero-order valence-corrected chi connectivity index (χ0v) is 16.6. The zero-order valence-electron chi connectivity index (χ0n) is 13.4. The van der Waals surface area contributed by atoms with Crippen molar-refractivity contribution in [1.29, 1.82) is 0 Å². The van der Waals surface area contributed by atoms with Crippen LogP contribution in [-0.4, -0.2) is 19.8 Å². The normalized spacial score (nSPS) is 11.8. The Morgan fingerprint density at radius 2 is 1.88 bits per heavy atom. The molecule has 3 aromatic rings. The smallest absolute Gasteiger partial charge is 0.253 e. The first-order valence-corrected chi connectivity index (χ1v) is 10.9. The molecule has 4 nitrogen and oxygen atoms in total. The summed E-state index contributed by atoms with van der Waals surface area (Å²) in [5.41, 5.74) is 0.813. The van der Waals surface area contributed by atoms with E-state index in [1.807, 2.05) is 41.8 Å². The highest BCUT2D eigenvalue weighted by Crippen LogP contribution is 2.31. The molecule has 132 valence electrons. The van der Waals surface area contributed by atoms with E-state index in [-0.39, 0.29) is 10.8 Å². The molecular formula is C17H16ClNO3S3. The second-order valence-corrected chi connectivity index (χ2v) is 10.1. The molecule has 0 aliphatic carbocycles. The first kappa shape index (κ1) is 18.4. The number of para-hydroxylation sites is 1. The van der Waals surface area contributed by atoms with E-state index in [0.29, 0.717) is 16.6 Å². The van der Waals surface area contributed by atoms with Gasteiger partial charge in [-0.3, -0.25) is 0 Å². The summed E-state index contributed by atoms with van der Waals surface area (Å²) >= 11 is 8.53. The number of nitrogens with zero attached hydrogens (tertiary/aromatic N) is 1. The van der Waals surface area contributed by atoms with Gasteiger partial charge in [0.15, 0.2) is 0 Å². The van der Waals surface area contributed by atoms with Crippen molar-refractivity contribution in [2.45, 2.75) is 17.3 Å². The molecular weight excluding hydrogens is 398 g/mol. The standard InChI is InChI=1S/C17H16ClNO3S3/c1-22-15-7-3-2-5-13(15)11-19(12-14-6-4-10-23-14)25(20,21)17-9-8-16(18)24-17/h2-10H,11-12H2,1H3. The number of sulfonamides is 1. The van der Waals surface area contributed by atoms with E-state index in [9.17, 15) is 8.42 Å². The second-order valence-electron chi connectivity index (χ2n) is 5.22. The average molecular weight is 414 g/mol. The van der Waals surface area contributed by atoms with Crippen molar-refractivity contribution in [3.8, 4) is 5.75 Å². The third-order valence-corrected chi connectivity index (χ3v) is 7.95. The number of rotatable bonds is 7. The molecule has 0 saturated carbocycles. The minimum atomic E-state index is -3.66. The van der Waals surface area contributed by atoms with Crippen molar-refractivity contribution >= 4 is 44.3 Å². The molecule has 0 aliphatic rings. The van der Waals surface area contributed by atoms with Crippen LogP contribution >= 0.6 is 34.3 Å². The lowest BCUT2D eigenvalue weighted by Gasteiger charge is -2.22. The monoisotopic (exact) mass is 413 g/mol. The summed E-state index contributed by atoms with van der Waals surface area (Å²) in [6.07, 6.45) is 0. The predicted molar refractivity (Wildman–Crippen MR) is 103 cm³/mol. The van der Waals surface area contributed by atoms with Gasteiger partial charge in [-0.05, 0) is 29.6 Å². The van der Waals surface area contributed by atoms with Crippen LogP contribution < -0.4 is 4.74 Å². The highest BCUT2D eigenvalue weighted by Gasteiger charge is 2.27. The Bertz CT molecular complexity index is 936. The largest absolute Gasteiger partial charge is 0.496 e. The maximum atomic E-state index is 13.1. The van der Waals surface area contributed by atoms with Gasteiger partial charge in [-0.1, -0.05) is 35.9 Å². The Kier molecular flexibility index (Phi) is 5.81. The molecule has 0 aliphatic heterocycles. The van der Waals surface area contributed by atoms with E-state index in [0.717, 1.165) is 21.8 Å². The van der Waals surface area contributed by atoms with Crippen LogP contribution in [0.25, 0.3) is 0 Å². The highest BCUT2D eigenvalue weighted by molar-refractivity contribution is 7.91. The van der Waals surface area contributed by atoms with E-state index in [1.54, 1.807) is 19.2 Å². The van der Waals surface area contributed by atoms with Gasteiger partial charge < -0.3 is 4.74 Å². The lowest BCUT2D eigenvalue weighted by Crippen LogP contribution is -2.29. The molecule has 0 unspecified atom stereocenters. The van der Waals surface area contributed by atoms with Crippen LogP contribution in [0.15, 0.2) is 58.1 Å². The fraction of sp³-hybridized carbons (Fsp3) is 0.176. The van der Waals surface area contributed by atoms with Crippen LogP contribution in [0.2, 0.25) is 4.34 Å². The molecule has 3 rings (SSSR count). The number of thiophene rings is 2. The fourth-order valence-electron chi connectivity index (χ4n) is 2.39. The summed E-state index contributed by atoms with van der Waals surface area (Å²) in [6.45, 7) is 0.521. The van der Waals surface area contributed by atoms with E-state index >= 15 is 0 Å². The van der Waals surface area contributed by atoms with Crippen LogP contribution in [0, 0.1) is 0 Å². The summed E-state index contributed by atoms with van der Waals surface area (Å²) in [7, 11) is -2.08. The maximum Gasteiger partial charge on any atom is 0.253 e. The Morgan fingerprint density at radius 1 is 1.08 bits per heavy atom. The molecule has 0 bridgehead atoms. The van der Waals surface area contributed by atoms with Gasteiger partial charge in [0, 0.05) is 23.5 Å². The Balaban J connectivity index is 1.97. The van der Waals surface area contributed by atoms with Crippen LogP contribution in [0.4, 0.5) is 0 Å². The van der Waals surface area contributed by atoms with E-state index in [2.05, 4.69) is 0 Å². The average Bonchev–Trinajstić information content (AvgIpc) is 3.26. The summed E-state index contributed by atoms with van der Waals surface area (Å²) < 4.78 is 33.7. The van der Waals surface area contributed by atoms with Crippen molar-refractivity contribution in [2.24, 2.45) is 0 Å². The summed E-state index contributed by atoms with van der Waals surface area (Å²) in [6, 6.07) is 14.4. The molecule has 0 fully saturated rings. The molecule has 0 radical (unpaired) electrons. The SMILES string of the molecule is COc1ccccc1CN(Cc1cccs1)S(=O)(=O)c1ccc(Cl)s1. The van der Waals surface area contributed by atoms with Crippen LogP contribution in [0.1, 0.15) is 10.4 Å². The number of halogens is 1. The maximum absolute atomic E-state index is 13.1. The third kappa shape index (κ3) is 4.24. The molecule has 25 heavy (non-hydrogen) atoms. The van der Waals surface area contributed by atoms with Gasteiger partial charge in [-0.25, -0.2) is 8.42 Å². The van der Waals surface area contributed by atoms with Gasteiger partial charge in [0.25, 0.3) is 10.0 Å². The number of benzene rings is 1. The Hall–Kier alpha value is -1.38. The van der Waals surface area contributed by atoms with Gasteiger partial charge in [0.2, 0.25) is 0 Å². The fourth-order valence-corrected chi connectivity index (χ4v) is 6.22. The zero-order chi connectivity index (χ0) is 17.9. The predicted octanol–water partition coefficient (Wildman–Crippen LogP) is 4.86. The van der Waals surface area contributed by atoms with E-state index in [4.69, 9.17) is 16.3 Å². The van der Waals surface area contributed by atoms with Crippen LogP contribution in [0.5, 0.6) is 5.75 Å². The first-order valence-electron chi connectivity index (χ1n) is 7.40. The Labute approximate surface area is 160 Å². The van der Waals surface area contributed by atoms with Gasteiger partial charge >= 0.3 is 0 Å². The lowest BCUT2D eigenvalue weighted by atomic mass is 10.2. The summed E-state index contributed by atoms with van der Waals surface area (Å²) in [4.78, 5) is 0.973. The lowest BCUT2D eigenvalue weighted by molar-refractivity contribution is 0.378. The van der Waals surface area contributed by atoms with Crippen LogP contribution in [0.3, 0.4) is 0 Å². The number of hydrogen-bond acceptors (Lipinski definition) is 5. The third-order valence-electron chi connectivity index (χ3n) is 3.59. The second kappa shape index (κ2) is 7.88. The van der Waals surface area contributed by atoms with Gasteiger partial charge in [0.05, 0.1) is 11.4 Å². The number of methoxy groups -OCH3 is 1. The molecule has 0 spiro atoms. The Morgan fingerprint density at radius 3 is 2.52 bits per heavy atom. The topological polar surface area (TPSA) is 46.6 Å². The van der Waals surface area contributed by atoms with Crippen molar-refractivity contribution in [1.82, 2.24) is 4.31 Å². The number of ether oxygens (including phenoxy) is 1. The highest BCUT2D eigenvalue weighted by atomic mass is 35.5. The van der Waals surface area contributed by atoms with Crippen molar-refractivity contribution in [3.63, 3.8) is 0 Å². The summed E-state index contributed by atoms with van der Waals surface area (Å²) in [5.74, 6) is 0.665. The molecule has 0 saturated heterocycles. The number of hydrogen-bond donors (Lipinski definition) is 0. The van der Waals surface area contributed by atoms with Gasteiger partial charge in [-0.2, -0.15) is 4.31 Å². The van der Waals surface area contributed by atoms with Gasteiger partial charge in [-0.15, -0.1) is 22.7 Å². The van der Waals surface area contributed by atoms with Crippen molar-refractivity contribution in [3.05, 3.63) is 68.7 Å². The van der Waals surface area contributed by atoms with Crippen molar-refractivity contribution < 1.29 is 13.2 Å². The molecule has 0 amide bonds. The molecule has 2 aromatic heterocycles. The van der Waals surface area contributed by atoms with Crippen LogP contribution in [-0.2, 0) is 23.1 Å². The van der Waals surface area contributed by atoms with E-state index < -0.39 is 10.0 Å². The first-order chi connectivity index (χ1) is 12.0. The molecule has 1 aromatic carbocycles. The molecule has 2 heterocycles. The molecule has 0 atom stereocenters.